The topological polar surface area (TPSA) is 17.8 Å². The number of aromatic nitrogens is 2. The van der Waals surface area contributed by atoms with Gasteiger partial charge in [-0.05, 0) is 25.5 Å². The zero-order chi connectivity index (χ0) is 8.55. The molecule has 1 aromatic rings. The van der Waals surface area contributed by atoms with Gasteiger partial charge in [-0.2, -0.15) is 5.10 Å². The van der Waals surface area contributed by atoms with Crippen LogP contribution in [-0.2, 0) is 6.42 Å². The van der Waals surface area contributed by atoms with Gasteiger partial charge in [-0.15, -0.1) is 0 Å². The van der Waals surface area contributed by atoms with Gasteiger partial charge in [0.05, 0.1) is 0 Å². The van der Waals surface area contributed by atoms with E-state index in [-0.39, 0.29) is 0 Å². The first-order valence-corrected chi connectivity index (χ1v) is 4.15. The number of nitrogens with zero attached hydrogens (tertiary/aromatic N) is 2. The standard InChI is InChI=1S/C10H12N2/c1-8-3-4-10-5-6-11-12(10)7-9(8)2/h3,5-7H,4H2,1-2H3. The van der Waals surface area contributed by atoms with Crippen LogP contribution in [0.25, 0.3) is 6.20 Å². The maximum absolute atomic E-state index is 4.21. The molecule has 1 aromatic heterocycles. The Labute approximate surface area is 72.2 Å². The van der Waals surface area contributed by atoms with Gasteiger partial charge in [0, 0.05) is 24.5 Å². The van der Waals surface area contributed by atoms with Crippen molar-refractivity contribution in [2.45, 2.75) is 20.3 Å². The van der Waals surface area contributed by atoms with Crippen molar-refractivity contribution in [2.24, 2.45) is 0 Å². The van der Waals surface area contributed by atoms with E-state index in [9.17, 15) is 0 Å². The molecule has 0 amide bonds. The molecule has 62 valence electrons. The maximum Gasteiger partial charge on any atom is 0.0496 e. The first-order chi connectivity index (χ1) is 5.77. The molecule has 0 atom stereocenters. The smallest absolute Gasteiger partial charge is 0.0496 e. The van der Waals surface area contributed by atoms with Crippen molar-refractivity contribution in [3.8, 4) is 0 Å². The molecule has 0 bridgehead atoms. The van der Waals surface area contributed by atoms with Crippen LogP contribution in [0.3, 0.4) is 0 Å². The lowest BCUT2D eigenvalue weighted by molar-refractivity contribution is 0.877. The molecule has 0 spiro atoms. The third-order valence-electron chi connectivity index (χ3n) is 2.31. The van der Waals surface area contributed by atoms with Crippen LogP contribution < -0.4 is 0 Å². The van der Waals surface area contributed by atoms with E-state index in [1.54, 1.807) is 0 Å². The fourth-order valence-electron chi connectivity index (χ4n) is 1.32. The first-order valence-electron chi connectivity index (χ1n) is 4.15. The van der Waals surface area contributed by atoms with E-state index in [0.29, 0.717) is 0 Å². The minimum absolute atomic E-state index is 0.986. The van der Waals surface area contributed by atoms with Crippen LogP contribution in [0.1, 0.15) is 19.5 Å². The van der Waals surface area contributed by atoms with Gasteiger partial charge in [0.15, 0.2) is 0 Å². The van der Waals surface area contributed by atoms with Gasteiger partial charge >= 0.3 is 0 Å². The van der Waals surface area contributed by atoms with Crippen molar-refractivity contribution in [1.82, 2.24) is 9.78 Å². The third kappa shape index (κ3) is 1.09. The summed E-state index contributed by atoms with van der Waals surface area (Å²) < 4.78 is 1.95. The SMILES string of the molecule is CC1=CCc2ccnn2C=C1C. The molecule has 0 radical (unpaired) electrons. The Hall–Kier alpha value is -1.31. The van der Waals surface area contributed by atoms with Crippen LogP contribution in [0.5, 0.6) is 0 Å². The summed E-state index contributed by atoms with van der Waals surface area (Å²) in [5.74, 6) is 0. The summed E-state index contributed by atoms with van der Waals surface area (Å²) in [7, 11) is 0. The molecule has 0 aromatic carbocycles. The van der Waals surface area contributed by atoms with Crippen LogP contribution in [-0.4, -0.2) is 9.78 Å². The molecule has 2 heterocycles. The van der Waals surface area contributed by atoms with E-state index in [4.69, 9.17) is 0 Å². The van der Waals surface area contributed by atoms with Crippen molar-refractivity contribution < 1.29 is 0 Å². The fourth-order valence-corrected chi connectivity index (χ4v) is 1.32. The fraction of sp³-hybridized carbons (Fsp3) is 0.300. The van der Waals surface area contributed by atoms with E-state index in [1.807, 2.05) is 10.9 Å². The molecule has 2 nitrogen and oxygen atoms in total. The van der Waals surface area contributed by atoms with Crippen LogP contribution >= 0.6 is 0 Å². The molecule has 0 aliphatic carbocycles. The predicted molar refractivity (Wildman–Crippen MR) is 49.6 cm³/mol. The minimum atomic E-state index is 0.986. The number of rotatable bonds is 0. The zero-order valence-corrected chi connectivity index (χ0v) is 7.41. The molecule has 1 aliphatic heterocycles. The predicted octanol–water partition coefficient (Wildman–Crippen LogP) is 2.25. The molecule has 0 fully saturated rings. The van der Waals surface area contributed by atoms with Crippen molar-refractivity contribution in [2.75, 3.05) is 0 Å². The lowest BCUT2D eigenvalue weighted by Crippen LogP contribution is -1.93. The molecule has 0 unspecified atom stereocenters. The largest absolute Gasteiger partial charge is 0.245 e. The molecule has 0 N–H and O–H groups in total. The molecule has 1 aliphatic rings. The summed E-state index contributed by atoms with van der Waals surface area (Å²) in [5.41, 5.74) is 3.89. The van der Waals surface area contributed by atoms with Crippen molar-refractivity contribution in [3.63, 3.8) is 0 Å². The molecule has 2 rings (SSSR count). The molecule has 0 saturated carbocycles. The van der Waals surface area contributed by atoms with Crippen LogP contribution in [0.15, 0.2) is 29.5 Å². The average Bonchev–Trinajstić information content (AvgIpc) is 2.43. The molecule has 2 heteroatoms. The summed E-state index contributed by atoms with van der Waals surface area (Å²) in [6.45, 7) is 4.25. The lowest BCUT2D eigenvalue weighted by atomic mass is 10.1. The number of fused-ring (bicyclic) bond motifs is 1. The number of allylic oxidation sites excluding steroid dienone is 3. The number of hydrogen-bond donors (Lipinski definition) is 0. The molecular formula is C10H12N2. The third-order valence-corrected chi connectivity index (χ3v) is 2.31. The van der Waals surface area contributed by atoms with E-state index in [1.165, 1.54) is 16.8 Å². The highest BCUT2D eigenvalue weighted by Gasteiger charge is 2.04. The van der Waals surface area contributed by atoms with Gasteiger partial charge in [-0.25, -0.2) is 4.68 Å². The monoisotopic (exact) mass is 160 g/mol. The Morgan fingerprint density at radius 2 is 2.17 bits per heavy atom. The van der Waals surface area contributed by atoms with Gasteiger partial charge in [0.2, 0.25) is 0 Å². The maximum atomic E-state index is 4.21. The first kappa shape index (κ1) is 7.35. The zero-order valence-electron chi connectivity index (χ0n) is 7.41. The summed E-state index contributed by atoms with van der Waals surface area (Å²) in [5, 5.41) is 4.21. The van der Waals surface area contributed by atoms with Gasteiger partial charge in [-0.3, -0.25) is 0 Å². The second-order valence-electron chi connectivity index (χ2n) is 3.17. The van der Waals surface area contributed by atoms with Crippen LogP contribution in [0, 0.1) is 0 Å². The van der Waals surface area contributed by atoms with Crippen LogP contribution in [0.2, 0.25) is 0 Å². The highest BCUT2D eigenvalue weighted by atomic mass is 15.3. The normalized spacial score (nSPS) is 16.2. The number of hydrogen-bond acceptors (Lipinski definition) is 1. The minimum Gasteiger partial charge on any atom is -0.245 e. The summed E-state index contributed by atoms with van der Waals surface area (Å²) in [6, 6.07) is 2.05. The van der Waals surface area contributed by atoms with Crippen LogP contribution in [0.4, 0.5) is 0 Å². The second-order valence-corrected chi connectivity index (χ2v) is 3.17. The molecule has 0 saturated heterocycles. The second kappa shape index (κ2) is 2.63. The lowest BCUT2D eigenvalue weighted by Gasteiger charge is -1.97. The summed E-state index contributed by atoms with van der Waals surface area (Å²) in [4.78, 5) is 0. The van der Waals surface area contributed by atoms with Crippen molar-refractivity contribution in [1.29, 1.82) is 0 Å². The highest BCUT2D eigenvalue weighted by molar-refractivity contribution is 5.45. The van der Waals surface area contributed by atoms with Crippen molar-refractivity contribution >= 4 is 6.20 Å². The molecule has 12 heavy (non-hydrogen) atoms. The summed E-state index contributed by atoms with van der Waals surface area (Å²) in [6.07, 6.45) is 7.15. The van der Waals surface area contributed by atoms with Gasteiger partial charge in [-0.1, -0.05) is 11.6 Å². The summed E-state index contributed by atoms with van der Waals surface area (Å²) >= 11 is 0. The van der Waals surface area contributed by atoms with Gasteiger partial charge < -0.3 is 0 Å². The molecular weight excluding hydrogens is 148 g/mol. The Bertz CT molecular complexity index is 356. The Balaban J connectivity index is 2.52. The highest BCUT2D eigenvalue weighted by Crippen LogP contribution is 2.16. The van der Waals surface area contributed by atoms with Gasteiger partial charge in [0.1, 0.15) is 0 Å². The van der Waals surface area contributed by atoms with E-state index >= 15 is 0 Å². The van der Waals surface area contributed by atoms with Gasteiger partial charge in [0.25, 0.3) is 0 Å². The average molecular weight is 160 g/mol. The quantitative estimate of drug-likeness (QED) is 0.569. The van der Waals surface area contributed by atoms with E-state index < -0.39 is 0 Å². The Morgan fingerprint density at radius 3 is 3.00 bits per heavy atom. The van der Waals surface area contributed by atoms with E-state index in [0.717, 1.165) is 6.42 Å². The van der Waals surface area contributed by atoms with Crippen molar-refractivity contribution in [3.05, 3.63) is 35.2 Å². The Kier molecular flexibility index (Phi) is 1.61. The van der Waals surface area contributed by atoms with E-state index in [2.05, 4.69) is 37.3 Å². The Morgan fingerprint density at radius 1 is 1.33 bits per heavy atom.